The lowest BCUT2D eigenvalue weighted by Crippen LogP contribution is -2.50. The molecule has 0 bridgehead atoms. The van der Waals surface area contributed by atoms with Crippen LogP contribution in [0, 0.1) is 0 Å². The second-order valence-corrected chi connectivity index (χ2v) is 17.4. The van der Waals surface area contributed by atoms with Gasteiger partial charge in [0.1, 0.15) is 6.61 Å². The van der Waals surface area contributed by atoms with E-state index in [0.717, 1.165) is 38.5 Å². The van der Waals surface area contributed by atoms with Crippen LogP contribution in [0.25, 0.3) is 0 Å². The molecule has 0 aromatic rings. The summed E-state index contributed by atoms with van der Waals surface area (Å²) < 4.78 is 17.3. The molecule has 0 saturated carbocycles. The van der Waals surface area contributed by atoms with Gasteiger partial charge in [-0.05, 0) is 38.5 Å². The minimum Gasteiger partial charge on any atom is -0.477 e. The Hall–Kier alpha value is -1.93. The lowest BCUT2D eigenvalue weighted by Gasteiger charge is -2.31. The van der Waals surface area contributed by atoms with E-state index in [2.05, 4.69) is 26.0 Å². The van der Waals surface area contributed by atoms with E-state index in [9.17, 15) is 19.5 Å². The van der Waals surface area contributed by atoms with Crippen molar-refractivity contribution in [2.24, 2.45) is 0 Å². The summed E-state index contributed by atoms with van der Waals surface area (Å²) in [6.07, 6.45) is 42.5. The predicted octanol–water partition coefficient (Wildman–Crippen LogP) is 13.1. The van der Waals surface area contributed by atoms with Crippen molar-refractivity contribution in [2.75, 3.05) is 41.0 Å². The highest BCUT2D eigenvalue weighted by atomic mass is 16.6. The van der Waals surface area contributed by atoms with Crippen LogP contribution >= 0.6 is 0 Å². The van der Waals surface area contributed by atoms with Gasteiger partial charge >= 0.3 is 17.9 Å². The molecule has 0 heterocycles. The number of allylic oxidation sites excluding steroid dienone is 2. The first kappa shape index (κ1) is 54.1. The number of nitrogens with zero attached hydrogens (tertiary/aromatic N) is 1. The van der Waals surface area contributed by atoms with E-state index >= 15 is 0 Å². The number of ether oxygens (including phenoxy) is 3. The van der Waals surface area contributed by atoms with E-state index in [1.165, 1.54) is 154 Å². The number of esters is 2. The number of likely N-dealkylation sites (N-methyl/N-ethyl adjacent to an activating group) is 1. The summed E-state index contributed by atoms with van der Waals surface area (Å²) >= 11 is 0. The topological polar surface area (TPSA) is 99.1 Å². The Labute approximate surface area is 346 Å². The molecule has 0 saturated heterocycles. The van der Waals surface area contributed by atoms with Gasteiger partial charge < -0.3 is 23.8 Å². The molecule has 330 valence electrons. The van der Waals surface area contributed by atoms with Crippen molar-refractivity contribution in [1.82, 2.24) is 0 Å². The van der Waals surface area contributed by atoms with Crippen molar-refractivity contribution >= 4 is 17.9 Å². The average molecular weight is 795 g/mol. The standard InChI is InChI=1S/C48H91NO7/c1-6-8-10-12-14-16-18-20-21-22-23-24-25-26-27-29-31-33-35-37-39-47(51)56-44(42-54-41-40-45(48(52)53)49(3,4)5)43-55-46(50)38-36-34-32-30-28-19-17-15-13-11-9-7-2/h23-24,44-45H,6-22,25-43H2,1-5H3/p+1/b24-23+. The van der Waals surface area contributed by atoms with Crippen molar-refractivity contribution in [3.8, 4) is 0 Å². The summed E-state index contributed by atoms with van der Waals surface area (Å²) in [6, 6.07) is -0.611. The Morgan fingerprint density at radius 1 is 0.518 bits per heavy atom. The molecule has 0 aromatic carbocycles. The van der Waals surface area contributed by atoms with Crippen molar-refractivity contribution in [2.45, 2.75) is 238 Å². The van der Waals surface area contributed by atoms with Crippen LogP contribution in [0.3, 0.4) is 0 Å². The molecule has 0 fully saturated rings. The maximum atomic E-state index is 12.7. The van der Waals surface area contributed by atoms with E-state index in [1.807, 2.05) is 21.1 Å². The van der Waals surface area contributed by atoms with Crippen LogP contribution in [-0.4, -0.2) is 80.6 Å². The smallest absolute Gasteiger partial charge is 0.362 e. The van der Waals surface area contributed by atoms with Gasteiger partial charge in [-0.3, -0.25) is 9.59 Å². The van der Waals surface area contributed by atoms with Crippen LogP contribution in [0.15, 0.2) is 12.2 Å². The van der Waals surface area contributed by atoms with Crippen LogP contribution in [0.4, 0.5) is 0 Å². The minimum atomic E-state index is -0.872. The van der Waals surface area contributed by atoms with E-state index in [1.54, 1.807) is 0 Å². The first-order valence-electron chi connectivity index (χ1n) is 23.7. The Kier molecular flexibility index (Phi) is 38.5. The average Bonchev–Trinajstić information content (AvgIpc) is 3.15. The Morgan fingerprint density at radius 2 is 0.893 bits per heavy atom. The Balaban J connectivity index is 4.25. The van der Waals surface area contributed by atoms with E-state index in [0.29, 0.717) is 19.3 Å². The zero-order valence-electron chi connectivity index (χ0n) is 37.6. The van der Waals surface area contributed by atoms with Gasteiger partial charge in [0.05, 0.1) is 34.4 Å². The number of carboxylic acids is 1. The number of hydrogen-bond acceptors (Lipinski definition) is 6. The molecule has 0 aliphatic carbocycles. The number of carboxylic acid groups (broad SMARTS) is 1. The lowest BCUT2D eigenvalue weighted by molar-refractivity contribution is -0.887. The fourth-order valence-corrected chi connectivity index (χ4v) is 7.21. The summed E-state index contributed by atoms with van der Waals surface area (Å²) in [5.41, 5.74) is 0. The maximum absolute atomic E-state index is 12.7. The normalized spacial score (nSPS) is 12.9. The number of unbranched alkanes of at least 4 members (excludes halogenated alkanes) is 27. The highest BCUT2D eigenvalue weighted by molar-refractivity contribution is 5.72. The van der Waals surface area contributed by atoms with Crippen molar-refractivity contribution in [1.29, 1.82) is 0 Å². The Bertz CT molecular complexity index is 931. The summed E-state index contributed by atoms with van der Waals surface area (Å²) in [5.74, 6) is -1.46. The first-order valence-corrected chi connectivity index (χ1v) is 23.7. The van der Waals surface area contributed by atoms with Gasteiger partial charge in [0, 0.05) is 19.3 Å². The van der Waals surface area contributed by atoms with Crippen LogP contribution in [0.1, 0.15) is 226 Å². The van der Waals surface area contributed by atoms with Crippen molar-refractivity contribution < 1.29 is 38.2 Å². The van der Waals surface area contributed by atoms with Crippen LogP contribution in [0.5, 0.6) is 0 Å². The first-order chi connectivity index (χ1) is 27.1. The molecule has 8 nitrogen and oxygen atoms in total. The fourth-order valence-electron chi connectivity index (χ4n) is 7.21. The molecule has 0 radical (unpaired) electrons. The largest absolute Gasteiger partial charge is 0.477 e. The molecule has 2 atom stereocenters. The molecule has 0 amide bonds. The van der Waals surface area contributed by atoms with E-state index in [4.69, 9.17) is 14.2 Å². The highest BCUT2D eigenvalue weighted by Gasteiger charge is 2.31. The van der Waals surface area contributed by atoms with Gasteiger partial charge in [-0.1, -0.05) is 180 Å². The Morgan fingerprint density at radius 3 is 1.29 bits per heavy atom. The zero-order chi connectivity index (χ0) is 41.4. The summed E-state index contributed by atoms with van der Waals surface area (Å²) in [4.78, 5) is 37.0. The molecule has 56 heavy (non-hydrogen) atoms. The molecule has 0 aliphatic rings. The monoisotopic (exact) mass is 795 g/mol. The highest BCUT2D eigenvalue weighted by Crippen LogP contribution is 2.15. The van der Waals surface area contributed by atoms with E-state index in [-0.39, 0.29) is 36.2 Å². The third-order valence-electron chi connectivity index (χ3n) is 10.9. The van der Waals surface area contributed by atoms with Crippen LogP contribution in [-0.2, 0) is 28.6 Å². The number of quaternary nitrogens is 1. The molecule has 0 rings (SSSR count). The van der Waals surface area contributed by atoms with Gasteiger partial charge in [-0.25, -0.2) is 4.79 Å². The van der Waals surface area contributed by atoms with Crippen molar-refractivity contribution in [3.63, 3.8) is 0 Å². The number of carbonyl (C=O) groups excluding carboxylic acids is 2. The number of aliphatic carboxylic acids is 1. The van der Waals surface area contributed by atoms with Crippen LogP contribution in [0.2, 0.25) is 0 Å². The predicted molar refractivity (Wildman–Crippen MR) is 234 cm³/mol. The molecule has 0 aliphatic heterocycles. The molecule has 8 heteroatoms. The third kappa shape index (κ3) is 37.6. The van der Waals surface area contributed by atoms with Gasteiger partial charge in [0.15, 0.2) is 12.1 Å². The second kappa shape index (κ2) is 39.9. The lowest BCUT2D eigenvalue weighted by atomic mass is 10.0. The molecule has 0 aromatic heterocycles. The van der Waals surface area contributed by atoms with E-state index < -0.39 is 18.1 Å². The molecule has 0 spiro atoms. The van der Waals surface area contributed by atoms with Crippen molar-refractivity contribution in [3.05, 3.63) is 12.2 Å². The second-order valence-electron chi connectivity index (χ2n) is 17.4. The number of rotatable bonds is 43. The third-order valence-corrected chi connectivity index (χ3v) is 10.9. The molecular formula is C48H92NO7+. The number of carbonyl (C=O) groups is 3. The van der Waals surface area contributed by atoms with Gasteiger partial charge in [-0.2, -0.15) is 0 Å². The molecule has 1 N–H and O–H groups in total. The van der Waals surface area contributed by atoms with Gasteiger partial charge in [-0.15, -0.1) is 0 Å². The quantitative estimate of drug-likeness (QED) is 0.0284. The summed E-state index contributed by atoms with van der Waals surface area (Å²) in [7, 11) is 5.54. The minimum absolute atomic E-state index is 0.0467. The summed E-state index contributed by atoms with van der Waals surface area (Å²) in [5, 5.41) is 9.62. The summed E-state index contributed by atoms with van der Waals surface area (Å²) in [6.45, 7) is 4.76. The fraction of sp³-hybridized carbons (Fsp3) is 0.896. The number of hydrogen-bond donors (Lipinski definition) is 1. The zero-order valence-corrected chi connectivity index (χ0v) is 37.6. The SMILES string of the molecule is CCCCCCCCCCC/C=C/CCCCCCCCCC(=O)OC(COCCC(C(=O)O)[N+](C)(C)C)COC(=O)CCCCCCCCCCCCCC. The van der Waals surface area contributed by atoms with Gasteiger partial charge in [0.25, 0.3) is 0 Å². The maximum Gasteiger partial charge on any atom is 0.362 e. The van der Waals surface area contributed by atoms with Crippen LogP contribution < -0.4 is 0 Å². The molecule has 2 unspecified atom stereocenters. The van der Waals surface area contributed by atoms with Gasteiger partial charge in [0.2, 0.25) is 0 Å². The molecular weight excluding hydrogens is 703 g/mol.